The first-order valence-electron chi connectivity index (χ1n) is 12.1. The second kappa shape index (κ2) is 8.69. The Hall–Kier alpha value is -1.93. The molecule has 3 heterocycles. The van der Waals surface area contributed by atoms with Gasteiger partial charge < -0.3 is 24.7 Å². The van der Waals surface area contributed by atoms with Gasteiger partial charge in [0.25, 0.3) is 0 Å². The summed E-state index contributed by atoms with van der Waals surface area (Å²) >= 11 is 0. The normalized spacial score (nSPS) is 34.8. The molecule has 0 saturated carbocycles. The summed E-state index contributed by atoms with van der Waals surface area (Å²) in [5.41, 5.74) is -2.71. The van der Waals surface area contributed by atoms with Crippen molar-refractivity contribution in [2.45, 2.75) is 96.1 Å². The Morgan fingerprint density at radius 3 is 2.42 bits per heavy atom. The molecule has 0 aromatic rings. The molecule has 3 rings (SSSR count). The van der Waals surface area contributed by atoms with Crippen molar-refractivity contribution in [2.75, 3.05) is 13.2 Å². The predicted molar refractivity (Wildman–Crippen MR) is 123 cm³/mol. The van der Waals surface area contributed by atoms with Crippen molar-refractivity contribution in [3.8, 4) is 0 Å². The average Bonchev–Trinajstić information content (AvgIpc) is 3.35. The van der Waals surface area contributed by atoms with Gasteiger partial charge in [-0.25, -0.2) is 0 Å². The van der Waals surface area contributed by atoms with Crippen LogP contribution in [0.2, 0.25) is 0 Å². The smallest absolute Gasteiger partial charge is 0.310 e. The van der Waals surface area contributed by atoms with Crippen LogP contribution >= 0.6 is 0 Å². The summed E-state index contributed by atoms with van der Waals surface area (Å²) in [6.07, 6.45) is 3.74. The highest BCUT2D eigenvalue weighted by atomic mass is 16.5. The number of fused-ring (bicyclic) bond motifs is 1. The van der Waals surface area contributed by atoms with Crippen molar-refractivity contribution in [1.29, 1.82) is 0 Å². The maximum Gasteiger partial charge on any atom is 0.310 e. The van der Waals surface area contributed by atoms with E-state index in [1.54, 1.807) is 11.0 Å². The number of aliphatic carboxylic acids is 1. The summed E-state index contributed by atoms with van der Waals surface area (Å²) in [4.78, 5) is 43.8. The van der Waals surface area contributed by atoms with Gasteiger partial charge in [0, 0.05) is 12.1 Å². The van der Waals surface area contributed by atoms with E-state index < -0.39 is 46.6 Å². The number of amides is 2. The molecule has 0 aromatic heterocycles. The molecular weight excluding hydrogens is 424 g/mol. The van der Waals surface area contributed by atoms with Gasteiger partial charge in [0.2, 0.25) is 11.8 Å². The van der Waals surface area contributed by atoms with Gasteiger partial charge in [-0.1, -0.05) is 33.3 Å². The zero-order chi connectivity index (χ0) is 24.9. The van der Waals surface area contributed by atoms with Crippen molar-refractivity contribution in [3.63, 3.8) is 0 Å². The van der Waals surface area contributed by atoms with Gasteiger partial charge in [-0.05, 0) is 46.0 Å². The zero-order valence-corrected chi connectivity index (χ0v) is 20.8. The predicted octanol–water partition coefficient (Wildman–Crippen LogP) is 2.45. The Balaban J connectivity index is 2.21. The Morgan fingerprint density at radius 1 is 1.33 bits per heavy atom. The van der Waals surface area contributed by atoms with E-state index in [1.807, 2.05) is 41.5 Å². The topological polar surface area (TPSA) is 107 Å². The van der Waals surface area contributed by atoms with Gasteiger partial charge in [0.15, 0.2) is 0 Å². The van der Waals surface area contributed by atoms with Crippen molar-refractivity contribution < 1.29 is 29.3 Å². The van der Waals surface area contributed by atoms with Gasteiger partial charge >= 0.3 is 5.97 Å². The van der Waals surface area contributed by atoms with E-state index in [-0.39, 0.29) is 30.9 Å². The summed E-state index contributed by atoms with van der Waals surface area (Å²) in [7, 11) is 0. The minimum Gasteiger partial charge on any atom is -0.481 e. The number of likely N-dealkylation sites (tertiary alicyclic amines) is 1. The molecule has 0 aliphatic carbocycles. The first-order valence-corrected chi connectivity index (χ1v) is 12.1. The Labute approximate surface area is 196 Å². The molecule has 33 heavy (non-hydrogen) atoms. The summed E-state index contributed by atoms with van der Waals surface area (Å²) < 4.78 is 6.58. The van der Waals surface area contributed by atoms with Crippen molar-refractivity contribution in [3.05, 3.63) is 12.7 Å². The Kier molecular flexibility index (Phi) is 6.77. The monoisotopic (exact) mass is 464 g/mol. The van der Waals surface area contributed by atoms with Gasteiger partial charge in [-0.3, -0.25) is 14.4 Å². The number of carboxylic acids is 1. The Bertz CT molecular complexity index is 822. The maximum absolute atomic E-state index is 14.2. The highest BCUT2D eigenvalue weighted by molar-refractivity contribution is 5.98. The fraction of sp³-hybridized carbons (Fsp3) is 0.800. The molecule has 1 spiro atoms. The van der Waals surface area contributed by atoms with E-state index in [2.05, 4.69) is 6.58 Å². The molecule has 2 N–H and O–H groups in total. The highest BCUT2D eigenvalue weighted by Crippen LogP contribution is 2.64. The lowest BCUT2D eigenvalue weighted by atomic mass is 9.65. The number of aliphatic hydroxyl groups is 1. The third-order valence-corrected chi connectivity index (χ3v) is 8.35. The third-order valence-electron chi connectivity index (χ3n) is 8.35. The first kappa shape index (κ1) is 25.7. The summed E-state index contributed by atoms with van der Waals surface area (Å²) in [6, 6.07) is -1.59. The van der Waals surface area contributed by atoms with Crippen LogP contribution in [0.5, 0.6) is 0 Å². The molecule has 2 bridgehead atoms. The van der Waals surface area contributed by atoms with Gasteiger partial charge in [0.05, 0.1) is 24.2 Å². The van der Waals surface area contributed by atoms with E-state index in [0.29, 0.717) is 25.7 Å². The fourth-order valence-corrected chi connectivity index (χ4v) is 6.45. The molecule has 0 aromatic carbocycles. The van der Waals surface area contributed by atoms with Crippen LogP contribution in [0.15, 0.2) is 12.7 Å². The molecular formula is C25H40N2O6. The molecule has 7 atom stereocenters. The number of carbonyl (C=O) groups is 3. The van der Waals surface area contributed by atoms with Crippen molar-refractivity contribution in [2.24, 2.45) is 17.8 Å². The minimum atomic E-state index is -1.21. The van der Waals surface area contributed by atoms with Gasteiger partial charge in [0.1, 0.15) is 17.6 Å². The first-order chi connectivity index (χ1) is 15.4. The third kappa shape index (κ3) is 3.60. The molecule has 3 aliphatic heterocycles. The van der Waals surface area contributed by atoms with E-state index in [1.165, 1.54) is 4.90 Å². The standard InChI is InChI=1S/C25H40N2O6/c1-8-13-26(23(5,6)7)21(30)19-25-12-11-24(10-3,33-25)18(22(31)32)17(25)20(29)27(19)16(14-28)15(4)9-2/h8,15-19,28H,1,9-14H2,2-7H3,(H,31,32)/t15-,16-,17-,18-,19?,24+,25?/m0/s1. The molecule has 2 amide bonds. The van der Waals surface area contributed by atoms with Crippen LogP contribution in [-0.4, -0.2) is 79.8 Å². The quantitative estimate of drug-likeness (QED) is 0.508. The van der Waals surface area contributed by atoms with Gasteiger partial charge in [-0.2, -0.15) is 0 Å². The average molecular weight is 465 g/mol. The zero-order valence-electron chi connectivity index (χ0n) is 20.8. The molecule has 3 aliphatic rings. The number of ether oxygens (including phenoxy) is 1. The molecule has 8 heteroatoms. The van der Waals surface area contributed by atoms with Crippen LogP contribution in [0.1, 0.15) is 67.2 Å². The minimum absolute atomic E-state index is 0.0763. The highest BCUT2D eigenvalue weighted by Gasteiger charge is 2.79. The van der Waals surface area contributed by atoms with Crippen molar-refractivity contribution in [1.82, 2.24) is 9.80 Å². The number of aliphatic hydroxyl groups excluding tert-OH is 1. The lowest BCUT2D eigenvalue weighted by Gasteiger charge is -2.44. The number of nitrogens with zero attached hydrogens (tertiary/aromatic N) is 2. The van der Waals surface area contributed by atoms with Crippen LogP contribution in [0, 0.1) is 17.8 Å². The molecule has 0 radical (unpaired) electrons. The number of hydrogen-bond acceptors (Lipinski definition) is 5. The van der Waals surface area contributed by atoms with Crippen LogP contribution < -0.4 is 0 Å². The van der Waals surface area contributed by atoms with Crippen LogP contribution in [-0.2, 0) is 19.1 Å². The summed E-state index contributed by atoms with van der Waals surface area (Å²) in [6.45, 7) is 15.3. The number of rotatable bonds is 9. The van der Waals surface area contributed by atoms with Crippen LogP contribution in [0.4, 0.5) is 0 Å². The van der Waals surface area contributed by atoms with E-state index in [0.717, 1.165) is 0 Å². The van der Waals surface area contributed by atoms with Crippen LogP contribution in [0.3, 0.4) is 0 Å². The fourth-order valence-electron chi connectivity index (χ4n) is 6.45. The molecule has 3 saturated heterocycles. The van der Waals surface area contributed by atoms with E-state index in [9.17, 15) is 24.6 Å². The summed E-state index contributed by atoms with van der Waals surface area (Å²) in [5.74, 6) is -3.76. The molecule has 8 nitrogen and oxygen atoms in total. The second-order valence-electron chi connectivity index (χ2n) is 11.0. The molecule has 2 unspecified atom stereocenters. The van der Waals surface area contributed by atoms with Crippen LogP contribution in [0.25, 0.3) is 0 Å². The number of hydrogen-bond donors (Lipinski definition) is 2. The lowest BCUT2D eigenvalue weighted by molar-refractivity contribution is -0.163. The lowest BCUT2D eigenvalue weighted by Crippen LogP contribution is -2.62. The number of carbonyl (C=O) groups excluding carboxylic acids is 2. The summed E-state index contributed by atoms with van der Waals surface area (Å²) in [5, 5.41) is 20.5. The van der Waals surface area contributed by atoms with Crippen molar-refractivity contribution >= 4 is 17.8 Å². The number of carboxylic acid groups (broad SMARTS) is 1. The molecule has 186 valence electrons. The Morgan fingerprint density at radius 2 is 1.97 bits per heavy atom. The SMILES string of the molecule is C=CCN(C(=O)C1N([C@@H](CO)[C@@H](C)CC)C(=O)[C@@H]2[C@@H](C(=O)O)[C@@]3(CC)CCC12O3)C(C)(C)C. The maximum atomic E-state index is 14.2. The second-order valence-corrected chi connectivity index (χ2v) is 11.0. The van der Waals surface area contributed by atoms with Gasteiger partial charge in [-0.15, -0.1) is 6.58 Å². The van der Waals surface area contributed by atoms with E-state index >= 15 is 0 Å². The van der Waals surface area contributed by atoms with E-state index in [4.69, 9.17) is 4.74 Å². The largest absolute Gasteiger partial charge is 0.481 e. The molecule has 3 fully saturated rings.